The van der Waals surface area contributed by atoms with E-state index in [1.807, 2.05) is 7.05 Å². The van der Waals surface area contributed by atoms with Gasteiger partial charge in [-0.15, -0.1) is 24.0 Å². The van der Waals surface area contributed by atoms with Gasteiger partial charge < -0.3 is 20.4 Å². The summed E-state index contributed by atoms with van der Waals surface area (Å²) in [6, 6.07) is 18.0. The van der Waals surface area contributed by atoms with Gasteiger partial charge in [0.15, 0.2) is 5.96 Å². The molecule has 1 unspecified atom stereocenters. The van der Waals surface area contributed by atoms with Gasteiger partial charge in [0.1, 0.15) is 0 Å². The lowest BCUT2D eigenvalue weighted by Gasteiger charge is -2.21. The molecule has 1 atom stereocenters. The third-order valence-electron chi connectivity index (χ3n) is 5.60. The number of nitrogens with one attached hydrogen (secondary N) is 2. The molecule has 1 aliphatic heterocycles. The SMILES string of the molecule is CCN(C)Cc1cccc(CNC(=NC)NC2CCN(c3ccc(C)cc3)C2)c1.I. The Balaban J connectivity index is 0.00000320. The van der Waals surface area contributed by atoms with E-state index < -0.39 is 0 Å². The van der Waals surface area contributed by atoms with Crippen LogP contribution in [0.2, 0.25) is 0 Å². The molecule has 3 rings (SSSR count). The predicted molar refractivity (Wildman–Crippen MR) is 139 cm³/mol. The highest BCUT2D eigenvalue weighted by atomic mass is 127. The smallest absolute Gasteiger partial charge is 0.191 e. The van der Waals surface area contributed by atoms with Crippen molar-refractivity contribution >= 4 is 35.6 Å². The van der Waals surface area contributed by atoms with E-state index in [1.165, 1.54) is 22.4 Å². The van der Waals surface area contributed by atoms with Crippen LogP contribution in [-0.2, 0) is 13.1 Å². The quantitative estimate of drug-likeness (QED) is 0.329. The maximum atomic E-state index is 4.43. The number of guanidine groups is 1. The number of rotatable bonds is 7. The minimum absolute atomic E-state index is 0. The molecule has 0 bridgehead atoms. The number of benzene rings is 2. The maximum Gasteiger partial charge on any atom is 0.191 e. The van der Waals surface area contributed by atoms with Crippen LogP contribution in [0.15, 0.2) is 53.5 Å². The molecule has 6 heteroatoms. The highest BCUT2D eigenvalue weighted by molar-refractivity contribution is 14.0. The summed E-state index contributed by atoms with van der Waals surface area (Å²) >= 11 is 0. The van der Waals surface area contributed by atoms with Gasteiger partial charge in [-0.2, -0.15) is 0 Å². The van der Waals surface area contributed by atoms with Crippen LogP contribution in [0.5, 0.6) is 0 Å². The van der Waals surface area contributed by atoms with Crippen LogP contribution in [0.1, 0.15) is 30.0 Å². The Morgan fingerprint density at radius 1 is 1.17 bits per heavy atom. The zero-order chi connectivity index (χ0) is 20.6. The fourth-order valence-corrected chi connectivity index (χ4v) is 3.70. The topological polar surface area (TPSA) is 42.9 Å². The second-order valence-electron chi connectivity index (χ2n) is 7.99. The van der Waals surface area contributed by atoms with Crippen LogP contribution in [0, 0.1) is 6.92 Å². The van der Waals surface area contributed by atoms with Gasteiger partial charge in [-0.25, -0.2) is 0 Å². The maximum absolute atomic E-state index is 4.43. The van der Waals surface area contributed by atoms with Crippen molar-refractivity contribution in [2.45, 2.75) is 39.4 Å². The third-order valence-corrected chi connectivity index (χ3v) is 5.60. The first-order valence-electron chi connectivity index (χ1n) is 10.6. The second-order valence-corrected chi connectivity index (χ2v) is 7.99. The standard InChI is InChI=1S/C24H35N5.HI/c1-5-28(4)17-21-8-6-7-20(15-21)16-26-24(25-3)27-22-13-14-29(18-22)23-11-9-19(2)10-12-23;/h6-12,15,22H,5,13-14,16-18H2,1-4H3,(H2,25,26,27);1H. The molecule has 30 heavy (non-hydrogen) atoms. The summed E-state index contributed by atoms with van der Waals surface area (Å²) in [6.07, 6.45) is 1.12. The molecule has 0 aromatic heterocycles. The van der Waals surface area contributed by atoms with Crippen LogP contribution < -0.4 is 15.5 Å². The normalized spacial score (nSPS) is 16.5. The summed E-state index contributed by atoms with van der Waals surface area (Å²) in [7, 11) is 3.99. The van der Waals surface area contributed by atoms with Crippen LogP contribution in [0.25, 0.3) is 0 Å². The minimum Gasteiger partial charge on any atom is -0.369 e. The lowest BCUT2D eigenvalue weighted by molar-refractivity contribution is 0.345. The van der Waals surface area contributed by atoms with Crippen LogP contribution >= 0.6 is 24.0 Å². The molecule has 1 fully saturated rings. The Labute approximate surface area is 199 Å². The van der Waals surface area contributed by atoms with Crippen LogP contribution in [0.3, 0.4) is 0 Å². The van der Waals surface area contributed by atoms with Crippen molar-refractivity contribution in [3.05, 3.63) is 65.2 Å². The van der Waals surface area contributed by atoms with E-state index in [0.717, 1.165) is 45.1 Å². The number of nitrogens with zero attached hydrogens (tertiary/aromatic N) is 3. The lowest BCUT2D eigenvalue weighted by Crippen LogP contribution is -2.44. The van der Waals surface area contributed by atoms with Gasteiger partial charge in [0.2, 0.25) is 0 Å². The third kappa shape index (κ3) is 7.16. The summed E-state index contributed by atoms with van der Waals surface area (Å²) in [4.78, 5) is 9.18. The minimum atomic E-state index is 0. The average molecular weight is 521 g/mol. The van der Waals surface area contributed by atoms with Crippen molar-refractivity contribution in [3.8, 4) is 0 Å². The Kier molecular flexibility index (Phi) is 9.91. The van der Waals surface area contributed by atoms with E-state index >= 15 is 0 Å². The molecule has 1 aliphatic rings. The molecule has 0 amide bonds. The van der Waals surface area contributed by atoms with Crippen molar-refractivity contribution in [3.63, 3.8) is 0 Å². The van der Waals surface area contributed by atoms with Crippen LogP contribution in [0.4, 0.5) is 5.69 Å². The van der Waals surface area contributed by atoms with Crippen molar-refractivity contribution in [2.24, 2.45) is 4.99 Å². The fourth-order valence-electron chi connectivity index (χ4n) is 3.70. The Bertz CT molecular complexity index is 805. The zero-order valence-electron chi connectivity index (χ0n) is 18.7. The van der Waals surface area contributed by atoms with Crippen molar-refractivity contribution in [1.29, 1.82) is 0 Å². The Morgan fingerprint density at radius 2 is 1.90 bits per heavy atom. The molecule has 0 spiro atoms. The van der Waals surface area contributed by atoms with Crippen molar-refractivity contribution < 1.29 is 0 Å². The number of hydrogen-bond donors (Lipinski definition) is 2. The van der Waals surface area contributed by atoms with E-state index in [0.29, 0.717) is 6.04 Å². The number of anilines is 1. The Hall–Kier alpha value is -1.80. The summed E-state index contributed by atoms with van der Waals surface area (Å²) in [6.45, 7) is 9.20. The first-order valence-corrected chi connectivity index (χ1v) is 10.6. The number of aryl methyl sites for hydroxylation is 1. The van der Waals surface area contributed by atoms with Gasteiger partial charge in [0.25, 0.3) is 0 Å². The van der Waals surface area contributed by atoms with Gasteiger partial charge >= 0.3 is 0 Å². The molecule has 0 radical (unpaired) electrons. The molecule has 2 aromatic rings. The summed E-state index contributed by atoms with van der Waals surface area (Å²) in [5, 5.41) is 7.07. The second kappa shape index (κ2) is 12.2. The van der Waals surface area contributed by atoms with Gasteiger partial charge in [-0.3, -0.25) is 4.99 Å². The first kappa shape index (κ1) is 24.5. The van der Waals surface area contributed by atoms with E-state index in [-0.39, 0.29) is 24.0 Å². The van der Waals surface area contributed by atoms with E-state index in [1.54, 1.807) is 0 Å². The number of halogens is 1. The summed E-state index contributed by atoms with van der Waals surface area (Å²) < 4.78 is 0. The van der Waals surface area contributed by atoms with Gasteiger partial charge in [-0.1, -0.05) is 48.9 Å². The summed E-state index contributed by atoms with van der Waals surface area (Å²) in [5.74, 6) is 0.872. The molecule has 2 N–H and O–H groups in total. The monoisotopic (exact) mass is 521 g/mol. The highest BCUT2D eigenvalue weighted by Crippen LogP contribution is 2.20. The Morgan fingerprint density at radius 3 is 2.60 bits per heavy atom. The van der Waals surface area contributed by atoms with Crippen molar-refractivity contribution in [1.82, 2.24) is 15.5 Å². The molecule has 0 saturated carbocycles. The molecule has 5 nitrogen and oxygen atoms in total. The van der Waals surface area contributed by atoms with E-state index in [4.69, 9.17) is 0 Å². The molecule has 164 valence electrons. The summed E-state index contributed by atoms with van der Waals surface area (Å²) in [5.41, 5.74) is 5.23. The lowest BCUT2D eigenvalue weighted by atomic mass is 10.1. The predicted octanol–water partition coefficient (Wildman–Crippen LogP) is 4.01. The van der Waals surface area contributed by atoms with Crippen molar-refractivity contribution in [2.75, 3.05) is 38.6 Å². The molecule has 2 aromatic carbocycles. The fraction of sp³-hybridized carbons (Fsp3) is 0.458. The molecule has 1 heterocycles. The van der Waals surface area contributed by atoms with Crippen LogP contribution in [-0.4, -0.2) is 50.6 Å². The molecule has 0 aliphatic carbocycles. The van der Waals surface area contributed by atoms with Gasteiger partial charge in [0.05, 0.1) is 0 Å². The van der Waals surface area contributed by atoms with Gasteiger partial charge in [0, 0.05) is 45.0 Å². The van der Waals surface area contributed by atoms with E-state index in [2.05, 4.69) is 94.9 Å². The first-order chi connectivity index (χ1) is 14.1. The molecular weight excluding hydrogens is 485 g/mol. The number of hydrogen-bond acceptors (Lipinski definition) is 3. The molecule has 1 saturated heterocycles. The molecular formula is C24H36IN5. The number of aliphatic imine (C=N–C) groups is 1. The van der Waals surface area contributed by atoms with E-state index in [9.17, 15) is 0 Å². The highest BCUT2D eigenvalue weighted by Gasteiger charge is 2.23. The average Bonchev–Trinajstić information content (AvgIpc) is 3.20. The van der Waals surface area contributed by atoms with Gasteiger partial charge in [-0.05, 0) is 50.2 Å². The zero-order valence-corrected chi connectivity index (χ0v) is 21.0. The largest absolute Gasteiger partial charge is 0.369 e.